The number of carbonyl (C=O) groups excluding carboxylic acids is 1. The zero-order valence-electron chi connectivity index (χ0n) is 15.8. The lowest BCUT2D eigenvalue weighted by atomic mass is 10.1. The fourth-order valence-corrected chi connectivity index (χ4v) is 3.50. The summed E-state index contributed by atoms with van der Waals surface area (Å²) in [5, 5.41) is 3.06. The van der Waals surface area contributed by atoms with Crippen LogP contribution < -0.4 is 5.32 Å². The van der Waals surface area contributed by atoms with Crippen molar-refractivity contribution in [2.24, 2.45) is 0 Å². The summed E-state index contributed by atoms with van der Waals surface area (Å²) in [6.07, 6.45) is 8.50. The Bertz CT molecular complexity index is 678. The van der Waals surface area contributed by atoms with Crippen molar-refractivity contribution in [3.8, 4) is 0 Å². The average Bonchev–Trinajstić information content (AvgIpc) is 3.21. The lowest BCUT2D eigenvalue weighted by molar-refractivity contribution is 0.133. The summed E-state index contributed by atoms with van der Waals surface area (Å²) in [4.78, 5) is 18.5. The second-order valence-electron chi connectivity index (χ2n) is 6.92. The highest BCUT2D eigenvalue weighted by molar-refractivity contribution is 5.75. The maximum atomic E-state index is 12.5. The van der Waals surface area contributed by atoms with Crippen LogP contribution in [0.3, 0.4) is 0 Å². The molecule has 1 aromatic carbocycles. The molecule has 0 bridgehead atoms. The van der Waals surface area contributed by atoms with Crippen LogP contribution in [0.5, 0.6) is 0 Å². The number of ether oxygens (including phenoxy) is 1. The number of aromatic nitrogens is 1. The number of urea groups is 1. The van der Waals surface area contributed by atoms with Crippen molar-refractivity contribution in [1.82, 2.24) is 15.2 Å². The fourth-order valence-electron chi connectivity index (χ4n) is 3.50. The van der Waals surface area contributed by atoms with Crippen LogP contribution in [0.2, 0.25) is 0 Å². The number of benzene rings is 1. The maximum Gasteiger partial charge on any atom is 0.317 e. The van der Waals surface area contributed by atoms with E-state index in [1.165, 1.54) is 11.1 Å². The quantitative estimate of drug-likeness (QED) is 0.683. The Morgan fingerprint density at radius 1 is 1.11 bits per heavy atom. The van der Waals surface area contributed by atoms with E-state index in [1.54, 1.807) is 12.4 Å². The maximum absolute atomic E-state index is 12.5. The first-order valence-electron chi connectivity index (χ1n) is 9.90. The molecule has 1 aliphatic rings. The predicted molar refractivity (Wildman–Crippen MR) is 107 cm³/mol. The molecule has 144 valence electrons. The summed E-state index contributed by atoms with van der Waals surface area (Å²) < 4.78 is 5.69. The van der Waals surface area contributed by atoms with Crippen LogP contribution in [0, 0.1) is 0 Å². The van der Waals surface area contributed by atoms with Gasteiger partial charge in [-0.05, 0) is 55.4 Å². The molecule has 0 saturated carbocycles. The molecule has 1 fully saturated rings. The Balaban J connectivity index is 1.27. The van der Waals surface area contributed by atoms with Crippen molar-refractivity contribution in [3.63, 3.8) is 0 Å². The van der Waals surface area contributed by atoms with Crippen LogP contribution in [0.15, 0.2) is 54.9 Å². The van der Waals surface area contributed by atoms with Gasteiger partial charge in [-0.1, -0.05) is 30.3 Å². The molecule has 1 aliphatic heterocycles. The number of amides is 2. The molecule has 0 radical (unpaired) electrons. The van der Waals surface area contributed by atoms with Gasteiger partial charge in [0, 0.05) is 32.1 Å². The Morgan fingerprint density at radius 3 is 2.74 bits per heavy atom. The predicted octanol–water partition coefficient (Wildman–Crippen LogP) is 3.97. The van der Waals surface area contributed by atoms with Gasteiger partial charge >= 0.3 is 6.03 Å². The Kier molecular flexibility index (Phi) is 7.66. The molecule has 2 aromatic rings. The van der Waals surface area contributed by atoms with Crippen LogP contribution >= 0.6 is 0 Å². The van der Waals surface area contributed by atoms with E-state index in [1.807, 2.05) is 23.1 Å². The number of hydrogen-bond donors (Lipinski definition) is 1. The number of carbonyl (C=O) groups is 1. The lowest BCUT2D eigenvalue weighted by Crippen LogP contribution is -2.39. The van der Waals surface area contributed by atoms with Crippen molar-refractivity contribution in [2.75, 3.05) is 26.3 Å². The highest BCUT2D eigenvalue weighted by Gasteiger charge is 2.29. The molecule has 3 rings (SSSR count). The normalized spacial score (nSPS) is 16.4. The van der Waals surface area contributed by atoms with E-state index in [2.05, 4.69) is 34.6 Å². The molecule has 1 aromatic heterocycles. The first kappa shape index (κ1) is 19.4. The fraction of sp³-hybridized carbons (Fsp3) is 0.455. The minimum absolute atomic E-state index is 0.0410. The van der Waals surface area contributed by atoms with E-state index in [0.29, 0.717) is 6.54 Å². The second kappa shape index (κ2) is 10.7. The number of unbranched alkanes of at least 4 members (excludes halogenated alkanes) is 1. The standard InChI is InChI=1S/C22H29N3O2/c26-22(25-16-6-9-21(25)20-10-14-23-15-11-20)24-13-4-5-17-27-18-12-19-7-2-1-3-8-19/h1-3,7-8,10-11,14-15,21H,4-6,9,12-13,16-18H2,(H,24,26). The Hall–Kier alpha value is -2.40. The number of nitrogens with one attached hydrogen (secondary N) is 1. The van der Waals surface area contributed by atoms with Crippen LogP contribution in [-0.2, 0) is 11.2 Å². The van der Waals surface area contributed by atoms with Gasteiger partial charge in [0.1, 0.15) is 0 Å². The van der Waals surface area contributed by atoms with Gasteiger partial charge in [-0.2, -0.15) is 0 Å². The van der Waals surface area contributed by atoms with Crippen molar-refractivity contribution >= 4 is 6.03 Å². The van der Waals surface area contributed by atoms with E-state index in [-0.39, 0.29) is 12.1 Å². The minimum atomic E-state index is 0.0410. The number of rotatable bonds is 9. The first-order chi connectivity index (χ1) is 13.3. The zero-order chi connectivity index (χ0) is 18.7. The second-order valence-corrected chi connectivity index (χ2v) is 6.92. The largest absolute Gasteiger partial charge is 0.381 e. The molecular weight excluding hydrogens is 338 g/mol. The number of pyridine rings is 1. The van der Waals surface area contributed by atoms with Crippen molar-refractivity contribution in [2.45, 2.75) is 38.1 Å². The molecule has 1 N–H and O–H groups in total. The molecule has 1 unspecified atom stereocenters. The van der Waals surface area contributed by atoms with Crippen molar-refractivity contribution in [1.29, 1.82) is 0 Å². The zero-order valence-corrected chi connectivity index (χ0v) is 15.8. The van der Waals surface area contributed by atoms with Crippen LogP contribution in [-0.4, -0.2) is 42.2 Å². The van der Waals surface area contributed by atoms with Gasteiger partial charge in [-0.15, -0.1) is 0 Å². The summed E-state index contributed by atoms with van der Waals surface area (Å²) in [6, 6.07) is 14.6. The van der Waals surface area contributed by atoms with Crippen LogP contribution in [0.1, 0.15) is 42.9 Å². The molecular formula is C22H29N3O2. The summed E-state index contributed by atoms with van der Waals surface area (Å²) in [7, 11) is 0. The van der Waals surface area contributed by atoms with Crippen molar-refractivity contribution < 1.29 is 9.53 Å². The minimum Gasteiger partial charge on any atom is -0.381 e. The lowest BCUT2D eigenvalue weighted by Gasteiger charge is -2.25. The van der Waals surface area contributed by atoms with Gasteiger partial charge in [0.15, 0.2) is 0 Å². The average molecular weight is 367 g/mol. The van der Waals surface area contributed by atoms with Crippen molar-refractivity contribution in [3.05, 3.63) is 66.0 Å². The van der Waals surface area contributed by atoms with E-state index in [9.17, 15) is 4.79 Å². The van der Waals surface area contributed by atoms with Gasteiger partial charge in [0.05, 0.1) is 12.6 Å². The van der Waals surface area contributed by atoms with E-state index < -0.39 is 0 Å². The van der Waals surface area contributed by atoms with Gasteiger partial charge in [0.25, 0.3) is 0 Å². The topological polar surface area (TPSA) is 54.5 Å². The molecule has 5 heteroatoms. The SMILES string of the molecule is O=C(NCCCCOCCc1ccccc1)N1CCCC1c1ccncc1. The van der Waals surface area contributed by atoms with E-state index in [4.69, 9.17) is 4.74 Å². The number of nitrogens with zero attached hydrogens (tertiary/aromatic N) is 2. The van der Waals surface area contributed by atoms with E-state index in [0.717, 1.165) is 51.9 Å². The van der Waals surface area contributed by atoms with Crippen LogP contribution in [0.4, 0.5) is 4.79 Å². The summed E-state index contributed by atoms with van der Waals surface area (Å²) in [6.45, 7) is 3.01. The third-order valence-electron chi connectivity index (χ3n) is 4.97. The third kappa shape index (κ3) is 6.07. The highest BCUT2D eigenvalue weighted by Crippen LogP contribution is 2.31. The smallest absolute Gasteiger partial charge is 0.317 e. The molecule has 1 atom stereocenters. The Morgan fingerprint density at radius 2 is 1.93 bits per heavy atom. The number of likely N-dealkylation sites (tertiary alicyclic amines) is 1. The molecule has 2 heterocycles. The van der Waals surface area contributed by atoms with Gasteiger partial charge < -0.3 is 15.0 Å². The molecule has 2 amide bonds. The molecule has 5 nitrogen and oxygen atoms in total. The number of hydrogen-bond acceptors (Lipinski definition) is 3. The van der Waals surface area contributed by atoms with Gasteiger partial charge in [-0.3, -0.25) is 4.98 Å². The highest BCUT2D eigenvalue weighted by atomic mass is 16.5. The summed E-state index contributed by atoms with van der Waals surface area (Å²) >= 11 is 0. The monoisotopic (exact) mass is 367 g/mol. The Labute approximate surface area is 161 Å². The van der Waals surface area contributed by atoms with E-state index >= 15 is 0 Å². The van der Waals surface area contributed by atoms with Gasteiger partial charge in [-0.25, -0.2) is 4.79 Å². The summed E-state index contributed by atoms with van der Waals surface area (Å²) in [5.41, 5.74) is 2.48. The first-order valence-corrected chi connectivity index (χ1v) is 9.90. The molecule has 0 aliphatic carbocycles. The summed E-state index contributed by atoms with van der Waals surface area (Å²) in [5.74, 6) is 0. The third-order valence-corrected chi connectivity index (χ3v) is 4.97. The van der Waals surface area contributed by atoms with Gasteiger partial charge in [0.2, 0.25) is 0 Å². The molecule has 0 spiro atoms. The van der Waals surface area contributed by atoms with Crippen LogP contribution in [0.25, 0.3) is 0 Å². The molecule has 1 saturated heterocycles. The molecule has 27 heavy (non-hydrogen) atoms.